The molecule has 0 amide bonds. The molecule has 1 heterocycles. The molecule has 0 atom stereocenters. The quantitative estimate of drug-likeness (QED) is 0.835. The van der Waals surface area contributed by atoms with E-state index in [0.717, 1.165) is 29.0 Å². The van der Waals surface area contributed by atoms with Crippen LogP contribution in [0.15, 0.2) is 27.4 Å². The monoisotopic (exact) mass is 209 g/mol. The predicted molar refractivity (Wildman–Crippen MR) is 58.0 cm³/mol. The van der Waals surface area contributed by atoms with Crippen molar-refractivity contribution in [2.24, 2.45) is 0 Å². The number of benzene rings is 1. The van der Waals surface area contributed by atoms with Gasteiger partial charge in [0.25, 0.3) is 0 Å². The van der Waals surface area contributed by atoms with E-state index in [1.54, 1.807) is 0 Å². The fourth-order valence-corrected chi connectivity index (χ4v) is 1.99. The van der Waals surface area contributed by atoms with E-state index in [2.05, 4.69) is 5.32 Å². The van der Waals surface area contributed by atoms with Gasteiger partial charge in [0.15, 0.2) is 0 Å². The molecule has 1 aromatic carbocycles. The van der Waals surface area contributed by atoms with Crippen LogP contribution in [0.2, 0.25) is 0 Å². The Balaban J connectivity index is 2.35. The number of hydrogen-bond donors (Lipinski definition) is 1. The van der Waals surface area contributed by atoms with Crippen LogP contribution in [0.1, 0.15) is 5.56 Å². The van der Waals surface area contributed by atoms with E-state index in [-0.39, 0.29) is 4.94 Å². The van der Waals surface area contributed by atoms with E-state index < -0.39 is 0 Å². The summed E-state index contributed by atoms with van der Waals surface area (Å²) >= 11 is 1.15. The van der Waals surface area contributed by atoms with Gasteiger partial charge in [-0.25, -0.2) is 4.79 Å². The largest absolute Gasteiger partial charge is 0.414 e. The van der Waals surface area contributed by atoms with Crippen molar-refractivity contribution in [3.05, 3.63) is 33.5 Å². The minimum absolute atomic E-state index is 0.231. The highest BCUT2D eigenvalue weighted by Crippen LogP contribution is 2.18. The average molecular weight is 209 g/mol. The maximum atomic E-state index is 11.0. The molecule has 0 aliphatic rings. The molecule has 2 aromatic rings. The fraction of sp³-hybridized carbons (Fsp3) is 0.300. The Bertz CT molecular complexity index is 486. The minimum Gasteiger partial charge on any atom is -0.414 e. The van der Waals surface area contributed by atoms with E-state index in [0.29, 0.717) is 5.58 Å². The van der Waals surface area contributed by atoms with Crippen LogP contribution in [0.25, 0.3) is 10.3 Å². The molecule has 4 heteroatoms. The predicted octanol–water partition coefficient (Wildman–Crippen LogP) is 1.62. The zero-order valence-electron chi connectivity index (χ0n) is 7.87. The molecule has 0 aliphatic carbocycles. The molecule has 1 N–H and O–H groups in total. The molecule has 2 rings (SSSR count). The molecular weight excluding hydrogens is 198 g/mol. The van der Waals surface area contributed by atoms with Gasteiger partial charge in [-0.1, -0.05) is 17.4 Å². The highest BCUT2D eigenvalue weighted by atomic mass is 32.1. The molecule has 0 unspecified atom stereocenters. The van der Waals surface area contributed by atoms with Crippen LogP contribution in [-0.4, -0.2) is 13.6 Å². The van der Waals surface area contributed by atoms with E-state index >= 15 is 0 Å². The number of likely N-dealkylation sites (N-methyl/N-ethyl adjacent to an activating group) is 1. The van der Waals surface area contributed by atoms with E-state index in [1.807, 2.05) is 25.2 Å². The summed E-state index contributed by atoms with van der Waals surface area (Å²) in [5, 5.41) is 3.08. The second kappa shape index (κ2) is 3.94. The van der Waals surface area contributed by atoms with Gasteiger partial charge < -0.3 is 9.73 Å². The van der Waals surface area contributed by atoms with Gasteiger partial charge in [-0.2, -0.15) is 0 Å². The molecule has 1 aromatic heterocycles. The summed E-state index contributed by atoms with van der Waals surface area (Å²) in [6.45, 7) is 0.930. The normalized spacial score (nSPS) is 10.9. The van der Waals surface area contributed by atoms with Crippen molar-refractivity contribution < 1.29 is 4.42 Å². The molecule has 0 spiro atoms. The Hall–Kier alpha value is -1.13. The summed E-state index contributed by atoms with van der Waals surface area (Å²) < 4.78 is 5.95. The summed E-state index contributed by atoms with van der Waals surface area (Å²) in [7, 11) is 1.92. The van der Waals surface area contributed by atoms with Crippen molar-refractivity contribution in [2.75, 3.05) is 13.6 Å². The zero-order chi connectivity index (χ0) is 9.97. The lowest BCUT2D eigenvalue weighted by Gasteiger charge is -1.99. The van der Waals surface area contributed by atoms with E-state index in [1.165, 1.54) is 5.56 Å². The molecule has 0 aliphatic heterocycles. The van der Waals surface area contributed by atoms with Crippen molar-refractivity contribution in [3.8, 4) is 0 Å². The van der Waals surface area contributed by atoms with Gasteiger partial charge >= 0.3 is 4.94 Å². The topological polar surface area (TPSA) is 42.2 Å². The number of nitrogens with one attached hydrogen (secondary N) is 1. The number of hydrogen-bond acceptors (Lipinski definition) is 4. The summed E-state index contributed by atoms with van der Waals surface area (Å²) in [6.07, 6.45) is 0.950. The first-order chi connectivity index (χ1) is 6.79. The van der Waals surface area contributed by atoms with Crippen LogP contribution >= 0.6 is 11.3 Å². The van der Waals surface area contributed by atoms with Crippen LogP contribution in [0, 0.1) is 0 Å². The third kappa shape index (κ3) is 1.86. The number of rotatable bonds is 3. The molecule has 14 heavy (non-hydrogen) atoms. The van der Waals surface area contributed by atoms with Crippen molar-refractivity contribution in [2.45, 2.75) is 6.42 Å². The first kappa shape index (κ1) is 9.43. The third-order valence-corrected chi connectivity index (χ3v) is 2.87. The highest BCUT2D eigenvalue weighted by molar-refractivity contribution is 7.16. The van der Waals surface area contributed by atoms with Gasteiger partial charge in [0.1, 0.15) is 5.58 Å². The van der Waals surface area contributed by atoms with Gasteiger partial charge in [-0.3, -0.25) is 0 Å². The Labute approximate surface area is 85.4 Å². The van der Waals surface area contributed by atoms with Gasteiger partial charge in [-0.05, 0) is 37.7 Å². The summed E-state index contributed by atoms with van der Waals surface area (Å²) in [5.74, 6) is 0. The van der Waals surface area contributed by atoms with Gasteiger partial charge in [0.05, 0.1) is 4.70 Å². The molecule has 0 saturated carbocycles. The van der Waals surface area contributed by atoms with Crippen molar-refractivity contribution in [1.29, 1.82) is 0 Å². The van der Waals surface area contributed by atoms with Crippen LogP contribution in [-0.2, 0) is 6.42 Å². The standard InChI is InChI=1S/C10H11NO2S/c1-11-5-4-7-2-3-9-8(6-7)13-10(12)14-9/h2-3,6,11H,4-5H2,1H3. The van der Waals surface area contributed by atoms with Gasteiger partial charge in [-0.15, -0.1) is 0 Å². The van der Waals surface area contributed by atoms with E-state index in [9.17, 15) is 4.79 Å². The SMILES string of the molecule is CNCCc1ccc2sc(=O)oc2c1. The van der Waals surface area contributed by atoms with E-state index in [4.69, 9.17) is 4.42 Å². The Morgan fingerprint density at radius 1 is 1.50 bits per heavy atom. The lowest BCUT2D eigenvalue weighted by molar-refractivity contribution is 0.585. The number of fused-ring (bicyclic) bond motifs is 1. The average Bonchev–Trinajstić information content (AvgIpc) is 2.54. The summed E-state index contributed by atoms with van der Waals surface area (Å²) in [4.78, 5) is 10.7. The highest BCUT2D eigenvalue weighted by Gasteiger charge is 2.02. The Morgan fingerprint density at radius 2 is 2.36 bits per heavy atom. The lowest BCUT2D eigenvalue weighted by atomic mass is 10.1. The smallest absolute Gasteiger partial charge is 0.396 e. The van der Waals surface area contributed by atoms with Crippen molar-refractivity contribution in [3.63, 3.8) is 0 Å². The van der Waals surface area contributed by atoms with Crippen molar-refractivity contribution in [1.82, 2.24) is 5.32 Å². The summed E-state index contributed by atoms with van der Waals surface area (Å²) in [5.41, 5.74) is 1.89. The lowest BCUT2D eigenvalue weighted by Crippen LogP contribution is -2.09. The maximum absolute atomic E-state index is 11.0. The van der Waals surface area contributed by atoms with Crippen LogP contribution in [0.4, 0.5) is 0 Å². The molecule has 0 saturated heterocycles. The van der Waals surface area contributed by atoms with Crippen LogP contribution in [0.3, 0.4) is 0 Å². The first-order valence-corrected chi connectivity index (χ1v) is 5.28. The molecule has 74 valence electrons. The molecule has 3 nitrogen and oxygen atoms in total. The summed E-state index contributed by atoms with van der Waals surface area (Å²) in [6, 6.07) is 5.91. The van der Waals surface area contributed by atoms with Crippen molar-refractivity contribution >= 4 is 21.6 Å². The second-order valence-electron chi connectivity index (χ2n) is 3.09. The molecule has 0 radical (unpaired) electrons. The first-order valence-electron chi connectivity index (χ1n) is 4.47. The third-order valence-electron chi connectivity index (χ3n) is 2.06. The molecular formula is C10H11NO2S. The van der Waals surface area contributed by atoms with Crippen LogP contribution in [0.5, 0.6) is 0 Å². The van der Waals surface area contributed by atoms with Gasteiger partial charge in [0, 0.05) is 0 Å². The molecule has 0 bridgehead atoms. The maximum Gasteiger partial charge on any atom is 0.396 e. The van der Waals surface area contributed by atoms with Crippen LogP contribution < -0.4 is 10.3 Å². The second-order valence-corrected chi connectivity index (χ2v) is 4.07. The Kier molecular flexibility index (Phi) is 2.65. The van der Waals surface area contributed by atoms with Gasteiger partial charge in [0.2, 0.25) is 0 Å². The molecule has 0 fully saturated rings. The minimum atomic E-state index is -0.231. The zero-order valence-corrected chi connectivity index (χ0v) is 8.69. The Morgan fingerprint density at radius 3 is 3.14 bits per heavy atom. The fourth-order valence-electron chi connectivity index (χ4n) is 1.34.